The Morgan fingerprint density at radius 2 is 1.57 bits per heavy atom. The molecular formula is C16H9BrF8N4O. The highest BCUT2D eigenvalue weighted by molar-refractivity contribution is 9.12. The molecule has 1 amide bonds. The molecule has 162 valence electrons. The van der Waals surface area contributed by atoms with Crippen LogP contribution in [-0.4, -0.2) is 44.6 Å². The van der Waals surface area contributed by atoms with Gasteiger partial charge in [0.25, 0.3) is 11.8 Å². The van der Waals surface area contributed by atoms with E-state index in [0.717, 1.165) is 22.1 Å². The zero-order valence-corrected chi connectivity index (χ0v) is 16.0. The Labute approximate surface area is 171 Å². The van der Waals surface area contributed by atoms with Gasteiger partial charge in [-0.1, -0.05) is 0 Å². The van der Waals surface area contributed by atoms with Crippen molar-refractivity contribution in [3.8, 4) is 11.4 Å². The first kappa shape index (κ1) is 22.2. The summed E-state index contributed by atoms with van der Waals surface area (Å²) in [4.78, 5) is 16.5. The Kier molecular flexibility index (Phi) is 5.41. The van der Waals surface area contributed by atoms with Crippen molar-refractivity contribution in [2.24, 2.45) is 0 Å². The molecule has 1 fully saturated rings. The van der Waals surface area contributed by atoms with E-state index in [1.54, 1.807) is 0 Å². The van der Waals surface area contributed by atoms with Crippen LogP contribution in [0.5, 0.6) is 0 Å². The van der Waals surface area contributed by atoms with E-state index < -0.39 is 59.8 Å². The first-order valence-electron chi connectivity index (χ1n) is 7.91. The molecule has 5 nitrogen and oxygen atoms in total. The molecule has 1 aliphatic heterocycles. The molecule has 1 aromatic carbocycles. The topological polar surface area (TPSA) is 51.0 Å². The molecule has 0 aliphatic carbocycles. The summed E-state index contributed by atoms with van der Waals surface area (Å²) >= 11 is 2.87. The number of nitrogens with zero attached hydrogens (tertiary/aromatic N) is 4. The number of amides is 1. The lowest BCUT2D eigenvalue weighted by molar-refractivity contribution is -0.161. The summed E-state index contributed by atoms with van der Waals surface area (Å²) in [5, 5.41) is 3.73. The predicted molar refractivity (Wildman–Crippen MR) is 90.2 cm³/mol. The third-order valence-electron chi connectivity index (χ3n) is 3.94. The molecule has 1 aromatic heterocycles. The second kappa shape index (κ2) is 7.32. The molecule has 1 aliphatic rings. The van der Waals surface area contributed by atoms with Gasteiger partial charge in [0.15, 0.2) is 5.82 Å². The number of hydrogen-bond donors (Lipinski definition) is 0. The number of alkyl halides is 8. The van der Waals surface area contributed by atoms with Crippen LogP contribution in [0.25, 0.3) is 17.6 Å². The fourth-order valence-electron chi connectivity index (χ4n) is 2.53. The van der Waals surface area contributed by atoms with E-state index in [0.29, 0.717) is 12.1 Å². The number of likely N-dealkylation sites (tertiary alicyclic amines) is 1. The second-order valence-corrected chi connectivity index (χ2v) is 7.19. The van der Waals surface area contributed by atoms with Crippen LogP contribution < -0.4 is 0 Å². The fourth-order valence-corrected chi connectivity index (χ4v) is 2.99. The molecule has 0 N–H and O–H groups in total. The predicted octanol–water partition coefficient (Wildman–Crippen LogP) is 4.65. The van der Waals surface area contributed by atoms with Crippen LogP contribution in [-0.2, 0) is 17.1 Å². The number of halogens is 9. The normalized spacial score (nSPS) is 17.1. The number of carbonyl (C=O) groups is 1. The minimum atomic E-state index is -5.03. The van der Waals surface area contributed by atoms with Crippen molar-refractivity contribution in [2.75, 3.05) is 13.1 Å². The van der Waals surface area contributed by atoms with Crippen LogP contribution in [0.1, 0.15) is 11.1 Å². The third kappa shape index (κ3) is 4.79. The molecule has 2 aromatic rings. The van der Waals surface area contributed by atoms with Gasteiger partial charge in [-0.25, -0.2) is 18.4 Å². The number of rotatable bonds is 3. The number of hydrogen-bond acceptors (Lipinski definition) is 3. The molecule has 0 unspecified atom stereocenters. The lowest BCUT2D eigenvalue weighted by atomic mass is 10.0. The van der Waals surface area contributed by atoms with Crippen molar-refractivity contribution in [2.45, 2.75) is 18.3 Å². The van der Waals surface area contributed by atoms with Gasteiger partial charge in [0, 0.05) is 5.56 Å². The SMILES string of the molecule is O=C(/C(Br)=C/n1cnc(-c2cc(C(F)(F)F)cc(C(F)(F)F)c2)n1)N1CC(F)(F)C1. The monoisotopic (exact) mass is 504 g/mol. The minimum absolute atomic E-state index is 0.0293. The van der Waals surface area contributed by atoms with E-state index in [1.165, 1.54) is 0 Å². The fraction of sp³-hybridized carbons (Fsp3) is 0.312. The smallest absolute Gasteiger partial charge is 0.326 e. The average Bonchev–Trinajstić information content (AvgIpc) is 3.05. The maximum atomic E-state index is 13.0. The van der Waals surface area contributed by atoms with Gasteiger partial charge >= 0.3 is 12.4 Å². The van der Waals surface area contributed by atoms with E-state index in [-0.39, 0.29) is 10.5 Å². The first-order valence-corrected chi connectivity index (χ1v) is 8.70. The van der Waals surface area contributed by atoms with Gasteiger partial charge in [-0.05, 0) is 34.1 Å². The van der Waals surface area contributed by atoms with Gasteiger partial charge in [-0.15, -0.1) is 5.10 Å². The minimum Gasteiger partial charge on any atom is -0.326 e. The number of aromatic nitrogens is 3. The lowest BCUT2D eigenvalue weighted by Gasteiger charge is -2.38. The van der Waals surface area contributed by atoms with Crippen molar-refractivity contribution in [1.29, 1.82) is 0 Å². The van der Waals surface area contributed by atoms with Crippen molar-refractivity contribution in [3.05, 3.63) is 40.1 Å². The highest BCUT2D eigenvalue weighted by atomic mass is 79.9. The van der Waals surface area contributed by atoms with Crippen LogP contribution in [0.15, 0.2) is 29.0 Å². The van der Waals surface area contributed by atoms with Crippen LogP contribution in [0, 0.1) is 0 Å². The standard InChI is InChI=1S/C16H9BrF8N4O/c17-11(13(30)28-5-14(18,19)6-28)4-29-7-26-12(27-29)8-1-9(15(20,21)22)3-10(2-8)16(23,24)25/h1-4,7H,5-6H2/b11-4-. The molecule has 1 saturated heterocycles. The Morgan fingerprint density at radius 3 is 2.03 bits per heavy atom. The molecule has 0 radical (unpaired) electrons. The average molecular weight is 505 g/mol. The molecule has 30 heavy (non-hydrogen) atoms. The molecular weight excluding hydrogens is 496 g/mol. The van der Waals surface area contributed by atoms with Gasteiger partial charge in [0.2, 0.25) is 0 Å². The Bertz CT molecular complexity index is 971. The Hall–Kier alpha value is -2.51. The van der Waals surface area contributed by atoms with Gasteiger partial charge in [-0.3, -0.25) is 4.79 Å². The van der Waals surface area contributed by atoms with Gasteiger partial charge < -0.3 is 4.90 Å². The third-order valence-corrected chi connectivity index (χ3v) is 4.48. The van der Waals surface area contributed by atoms with Crippen LogP contribution in [0.2, 0.25) is 0 Å². The molecule has 3 rings (SSSR count). The highest BCUT2D eigenvalue weighted by Gasteiger charge is 2.46. The summed E-state index contributed by atoms with van der Waals surface area (Å²) in [6, 6.07) is 0.889. The maximum Gasteiger partial charge on any atom is 0.416 e. The van der Waals surface area contributed by atoms with Gasteiger partial charge in [0.1, 0.15) is 10.8 Å². The van der Waals surface area contributed by atoms with Gasteiger partial charge in [-0.2, -0.15) is 26.3 Å². The summed E-state index contributed by atoms with van der Waals surface area (Å²) in [6.07, 6.45) is -8.14. The van der Waals surface area contributed by atoms with Crippen LogP contribution >= 0.6 is 15.9 Å². The van der Waals surface area contributed by atoms with Gasteiger partial charge in [0.05, 0.1) is 30.4 Å². The summed E-state index contributed by atoms with van der Waals surface area (Å²) in [5.74, 6) is -4.24. The second-order valence-electron chi connectivity index (χ2n) is 6.34. The Morgan fingerprint density at radius 1 is 1.03 bits per heavy atom. The molecule has 0 atom stereocenters. The summed E-state index contributed by atoms with van der Waals surface area (Å²) in [7, 11) is 0. The van der Waals surface area contributed by atoms with Crippen LogP contribution in [0.3, 0.4) is 0 Å². The lowest BCUT2D eigenvalue weighted by Crippen LogP contribution is -2.58. The molecule has 2 heterocycles. The molecule has 14 heteroatoms. The van der Waals surface area contributed by atoms with E-state index in [9.17, 15) is 39.9 Å². The maximum absolute atomic E-state index is 13.0. The molecule has 0 saturated carbocycles. The van der Waals surface area contributed by atoms with Crippen molar-refractivity contribution < 1.29 is 39.9 Å². The van der Waals surface area contributed by atoms with Crippen LogP contribution in [0.4, 0.5) is 35.1 Å². The largest absolute Gasteiger partial charge is 0.416 e. The number of carbonyl (C=O) groups excluding carboxylic acids is 1. The first-order chi connectivity index (χ1) is 13.7. The summed E-state index contributed by atoms with van der Waals surface area (Å²) < 4.78 is 104. The zero-order valence-electron chi connectivity index (χ0n) is 14.4. The molecule has 0 bridgehead atoms. The highest BCUT2D eigenvalue weighted by Crippen LogP contribution is 2.38. The Balaban J connectivity index is 1.89. The van der Waals surface area contributed by atoms with E-state index in [1.807, 2.05) is 0 Å². The quantitative estimate of drug-likeness (QED) is 0.451. The zero-order chi connectivity index (χ0) is 22.5. The summed E-state index contributed by atoms with van der Waals surface area (Å²) in [5.41, 5.74) is -3.61. The van der Waals surface area contributed by atoms with Crippen molar-refractivity contribution in [1.82, 2.24) is 19.7 Å². The van der Waals surface area contributed by atoms with E-state index in [4.69, 9.17) is 0 Å². The van der Waals surface area contributed by atoms with Crippen molar-refractivity contribution >= 4 is 28.0 Å². The molecule has 0 spiro atoms. The van der Waals surface area contributed by atoms with E-state index >= 15 is 0 Å². The van der Waals surface area contributed by atoms with Crippen molar-refractivity contribution in [3.63, 3.8) is 0 Å². The van der Waals surface area contributed by atoms with E-state index in [2.05, 4.69) is 26.0 Å². The summed E-state index contributed by atoms with van der Waals surface area (Å²) in [6.45, 7) is -1.55. The number of benzene rings is 1.